The van der Waals surface area contributed by atoms with Crippen LogP contribution in [0.5, 0.6) is 0 Å². The Morgan fingerprint density at radius 1 is 1.31 bits per heavy atom. The van der Waals surface area contributed by atoms with Crippen LogP contribution >= 0.6 is 0 Å². The number of hydrogen-bond acceptors (Lipinski definition) is 1. The van der Waals surface area contributed by atoms with Crippen LogP contribution in [0.2, 0.25) is 0 Å². The first-order valence-electron chi connectivity index (χ1n) is 5.32. The van der Waals surface area contributed by atoms with Gasteiger partial charge in [-0.3, -0.25) is 0 Å². The minimum atomic E-state index is -0.366. The minimum absolute atomic E-state index is 0.0774. The van der Waals surface area contributed by atoms with Gasteiger partial charge < -0.3 is 10.6 Å². The van der Waals surface area contributed by atoms with Crippen LogP contribution in [0.4, 0.5) is 14.9 Å². The average Bonchev–Trinajstić information content (AvgIpc) is 2.16. The zero-order chi connectivity index (χ0) is 12.1. The van der Waals surface area contributed by atoms with Crippen LogP contribution in [-0.2, 0) is 0 Å². The molecule has 1 aromatic rings. The number of urea groups is 1. The van der Waals surface area contributed by atoms with Gasteiger partial charge in [-0.2, -0.15) is 0 Å². The van der Waals surface area contributed by atoms with Gasteiger partial charge in [-0.25, -0.2) is 9.18 Å². The number of rotatable bonds is 3. The van der Waals surface area contributed by atoms with E-state index >= 15 is 0 Å². The van der Waals surface area contributed by atoms with Crippen LogP contribution in [0.1, 0.15) is 20.8 Å². The first-order chi connectivity index (χ1) is 7.49. The Morgan fingerprint density at radius 3 is 2.56 bits per heavy atom. The van der Waals surface area contributed by atoms with Crippen molar-refractivity contribution in [1.82, 2.24) is 5.32 Å². The van der Waals surface area contributed by atoms with E-state index in [1.807, 2.05) is 20.8 Å². The van der Waals surface area contributed by atoms with Gasteiger partial charge in [0.15, 0.2) is 0 Å². The molecular formula is C12H17FN2O. The third kappa shape index (κ3) is 3.88. The summed E-state index contributed by atoms with van der Waals surface area (Å²) in [6.45, 7) is 5.97. The van der Waals surface area contributed by atoms with E-state index in [9.17, 15) is 9.18 Å². The smallest absolute Gasteiger partial charge is 0.319 e. The van der Waals surface area contributed by atoms with Crippen molar-refractivity contribution < 1.29 is 9.18 Å². The normalized spacial score (nSPS) is 12.3. The first kappa shape index (κ1) is 12.5. The second kappa shape index (κ2) is 5.49. The highest BCUT2D eigenvalue weighted by molar-refractivity contribution is 5.89. The molecule has 1 atom stereocenters. The second-order valence-electron chi connectivity index (χ2n) is 4.14. The molecule has 4 heteroatoms. The van der Waals surface area contributed by atoms with E-state index in [2.05, 4.69) is 10.6 Å². The summed E-state index contributed by atoms with van der Waals surface area (Å²) in [5, 5.41) is 5.35. The molecule has 0 aliphatic carbocycles. The second-order valence-corrected chi connectivity index (χ2v) is 4.14. The van der Waals surface area contributed by atoms with Gasteiger partial charge in [0, 0.05) is 11.7 Å². The van der Waals surface area contributed by atoms with Crippen molar-refractivity contribution >= 4 is 11.7 Å². The number of hydrogen-bond donors (Lipinski definition) is 2. The minimum Gasteiger partial charge on any atom is -0.335 e. The molecule has 1 rings (SSSR count). The zero-order valence-corrected chi connectivity index (χ0v) is 9.75. The number of carbonyl (C=O) groups excluding carboxylic acids is 1. The molecule has 88 valence electrons. The van der Waals surface area contributed by atoms with Crippen LogP contribution in [0.3, 0.4) is 0 Å². The lowest BCUT2D eigenvalue weighted by Gasteiger charge is -2.17. The molecule has 16 heavy (non-hydrogen) atoms. The molecule has 0 fully saturated rings. The van der Waals surface area contributed by atoms with E-state index in [0.29, 0.717) is 11.6 Å². The largest absolute Gasteiger partial charge is 0.335 e. The maximum absolute atomic E-state index is 12.8. The summed E-state index contributed by atoms with van der Waals surface area (Å²) in [6, 6.07) is 5.57. The summed E-state index contributed by atoms with van der Waals surface area (Å²) in [4.78, 5) is 11.5. The Morgan fingerprint density at radius 2 is 2.00 bits per heavy atom. The van der Waals surface area contributed by atoms with Crippen LogP contribution in [-0.4, -0.2) is 12.1 Å². The van der Waals surface area contributed by atoms with Gasteiger partial charge in [-0.15, -0.1) is 0 Å². The summed E-state index contributed by atoms with van der Waals surface area (Å²) in [5.74, 6) is -0.00651. The molecular weight excluding hydrogens is 207 g/mol. The maximum atomic E-state index is 12.8. The van der Waals surface area contributed by atoms with Crippen LogP contribution in [0.15, 0.2) is 24.3 Å². The Bertz CT molecular complexity index is 366. The molecule has 0 heterocycles. The molecule has 0 aromatic heterocycles. The molecule has 1 unspecified atom stereocenters. The molecule has 0 spiro atoms. The fourth-order valence-electron chi connectivity index (χ4n) is 1.11. The average molecular weight is 224 g/mol. The van der Waals surface area contributed by atoms with E-state index in [4.69, 9.17) is 0 Å². The number of halogens is 1. The predicted octanol–water partition coefficient (Wildman–Crippen LogP) is 2.99. The highest BCUT2D eigenvalue weighted by atomic mass is 19.1. The van der Waals surface area contributed by atoms with Crippen molar-refractivity contribution in [3.8, 4) is 0 Å². The number of nitrogens with one attached hydrogen (secondary N) is 2. The molecule has 0 bridgehead atoms. The first-order valence-corrected chi connectivity index (χ1v) is 5.32. The maximum Gasteiger partial charge on any atom is 0.319 e. The van der Waals surface area contributed by atoms with Gasteiger partial charge in [-0.05, 0) is 31.0 Å². The van der Waals surface area contributed by atoms with Gasteiger partial charge in [0.25, 0.3) is 0 Å². The lowest BCUT2D eigenvalue weighted by atomic mass is 10.1. The number of amides is 2. The van der Waals surface area contributed by atoms with E-state index < -0.39 is 0 Å². The fraction of sp³-hybridized carbons (Fsp3) is 0.417. The summed E-state index contributed by atoms with van der Waals surface area (Å²) < 4.78 is 12.8. The van der Waals surface area contributed by atoms with Crippen LogP contribution in [0.25, 0.3) is 0 Å². The summed E-state index contributed by atoms with van der Waals surface area (Å²) >= 11 is 0. The van der Waals surface area contributed by atoms with Gasteiger partial charge in [0.1, 0.15) is 5.82 Å². The van der Waals surface area contributed by atoms with Crippen LogP contribution in [0, 0.1) is 11.7 Å². The molecule has 0 aliphatic rings. The fourth-order valence-corrected chi connectivity index (χ4v) is 1.11. The highest BCUT2D eigenvalue weighted by Crippen LogP contribution is 2.09. The molecule has 2 amide bonds. The van der Waals surface area contributed by atoms with E-state index in [1.165, 1.54) is 12.1 Å². The number of anilines is 1. The van der Waals surface area contributed by atoms with Crippen molar-refractivity contribution in [2.45, 2.75) is 26.8 Å². The van der Waals surface area contributed by atoms with E-state index in [0.717, 1.165) is 0 Å². The lowest BCUT2D eigenvalue weighted by molar-refractivity contribution is 0.246. The molecule has 0 radical (unpaired) electrons. The molecule has 0 aliphatic heterocycles. The molecule has 2 N–H and O–H groups in total. The molecule has 1 aromatic carbocycles. The number of carbonyl (C=O) groups is 1. The van der Waals surface area contributed by atoms with E-state index in [-0.39, 0.29) is 17.9 Å². The zero-order valence-electron chi connectivity index (χ0n) is 9.75. The summed E-state index contributed by atoms with van der Waals surface area (Å²) in [5.41, 5.74) is 0.452. The Kier molecular flexibility index (Phi) is 4.28. The Labute approximate surface area is 95.0 Å². The van der Waals surface area contributed by atoms with E-state index in [1.54, 1.807) is 12.1 Å². The van der Waals surface area contributed by atoms with Crippen LogP contribution < -0.4 is 10.6 Å². The topological polar surface area (TPSA) is 41.1 Å². The highest BCUT2D eigenvalue weighted by Gasteiger charge is 2.10. The Hall–Kier alpha value is -1.58. The SMILES string of the molecule is CC(C)C(C)NC(=O)Nc1cccc(F)c1. The van der Waals surface area contributed by atoms with Gasteiger partial charge in [-0.1, -0.05) is 19.9 Å². The summed E-state index contributed by atoms with van der Waals surface area (Å²) in [6.07, 6.45) is 0. The van der Waals surface area contributed by atoms with Gasteiger partial charge >= 0.3 is 6.03 Å². The third-order valence-corrected chi connectivity index (χ3v) is 2.44. The number of benzene rings is 1. The lowest BCUT2D eigenvalue weighted by Crippen LogP contribution is -2.38. The van der Waals surface area contributed by atoms with Crippen molar-refractivity contribution in [1.29, 1.82) is 0 Å². The standard InChI is InChI=1S/C12H17FN2O/c1-8(2)9(3)14-12(16)15-11-6-4-5-10(13)7-11/h4-9H,1-3H3,(H2,14,15,16). The van der Waals surface area contributed by atoms with Gasteiger partial charge in [0.05, 0.1) is 0 Å². The Balaban J connectivity index is 2.52. The van der Waals surface area contributed by atoms with Gasteiger partial charge in [0.2, 0.25) is 0 Å². The predicted molar refractivity (Wildman–Crippen MR) is 62.9 cm³/mol. The monoisotopic (exact) mass is 224 g/mol. The quantitative estimate of drug-likeness (QED) is 0.814. The van der Waals surface area contributed by atoms with Crippen molar-refractivity contribution in [2.75, 3.05) is 5.32 Å². The van der Waals surface area contributed by atoms with Crippen molar-refractivity contribution in [2.24, 2.45) is 5.92 Å². The molecule has 0 saturated heterocycles. The molecule has 0 saturated carbocycles. The molecule has 3 nitrogen and oxygen atoms in total. The summed E-state index contributed by atoms with van der Waals surface area (Å²) in [7, 11) is 0. The van der Waals surface area contributed by atoms with Crippen molar-refractivity contribution in [3.63, 3.8) is 0 Å². The van der Waals surface area contributed by atoms with Crippen molar-refractivity contribution in [3.05, 3.63) is 30.1 Å². The third-order valence-electron chi connectivity index (χ3n) is 2.44.